The first-order valence-electron chi connectivity index (χ1n) is 6.64. The van der Waals surface area contributed by atoms with E-state index in [9.17, 15) is 10.1 Å². The zero-order chi connectivity index (χ0) is 15.1. The summed E-state index contributed by atoms with van der Waals surface area (Å²) < 4.78 is 0. The van der Waals surface area contributed by atoms with E-state index >= 15 is 0 Å². The summed E-state index contributed by atoms with van der Waals surface area (Å²) in [7, 11) is 0. The summed E-state index contributed by atoms with van der Waals surface area (Å²) in [5.74, 6) is 0.646. The molecule has 0 amide bonds. The third-order valence-corrected chi connectivity index (χ3v) is 2.73. The fraction of sp³-hybridized carbons (Fsp3) is 0.667. The van der Waals surface area contributed by atoms with Crippen LogP contribution in [0.15, 0.2) is 6.20 Å². The number of nitro groups is 1. The summed E-state index contributed by atoms with van der Waals surface area (Å²) in [5, 5.41) is 23.0. The average molecular weight is 283 g/mol. The predicted molar refractivity (Wildman–Crippen MR) is 77.0 cm³/mol. The lowest BCUT2D eigenvalue weighted by Gasteiger charge is -2.27. The van der Waals surface area contributed by atoms with Crippen LogP contribution < -0.4 is 10.2 Å². The Labute approximate surface area is 118 Å². The van der Waals surface area contributed by atoms with Gasteiger partial charge in [-0.05, 0) is 27.2 Å². The van der Waals surface area contributed by atoms with E-state index in [1.54, 1.807) is 4.90 Å². The maximum Gasteiger partial charge on any atom is 0.329 e. The summed E-state index contributed by atoms with van der Waals surface area (Å²) >= 11 is 0. The maximum atomic E-state index is 11.1. The molecule has 1 aromatic rings. The number of nitrogens with one attached hydrogen (secondary N) is 1. The van der Waals surface area contributed by atoms with Gasteiger partial charge in [-0.2, -0.15) is 4.98 Å². The van der Waals surface area contributed by atoms with E-state index in [-0.39, 0.29) is 24.2 Å². The molecule has 2 N–H and O–H groups in total. The Balaban J connectivity index is 3.19. The van der Waals surface area contributed by atoms with Crippen molar-refractivity contribution in [3.8, 4) is 0 Å². The van der Waals surface area contributed by atoms with Gasteiger partial charge < -0.3 is 15.3 Å². The number of aliphatic hydroxyl groups excluding tert-OH is 1. The van der Waals surface area contributed by atoms with Gasteiger partial charge in [0.05, 0.1) is 4.92 Å². The molecular weight excluding hydrogens is 262 g/mol. The molecule has 1 heterocycles. The Kier molecular flexibility index (Phi) is 6.10. The lowest BCUT2D eigenvalue weighted by molar-refractivity contribution is -0.384. The lowest BCUT2D eigenvalue weighted by atomic mass is 10.2. The minimum atomic E-state index is -0.487. The number of anilines is 2. The van der Waals surface area contributed by atoms with E-state index in [0.717, 1.165) is 0 Å². The Morgan fingerprint density at radius 3 is 2.75 bits per heavy atom. The Morgan fingerprint density at radius 1 is 1.55 bits per heavy atom. The monoisotopic (exact) mass is 283 g/mol. The van der Waals surface area contributed by atoms with Gasteiger partial charge in [-0.25, -0.2) is 4.98 Å². The third kappa shape index (κ3) is 4.02. The highest BCUT2D eigenvalue weighted by Gasteiger charge is 2.24. The minimum Gasteiger partial charge on any atom is -0.396 e. The van der Waals surface area contributed by atoms with Crippen molar-refractivity contribution in [3.05, 3.63) is 16.3 Å². The quantitative estimate of drug-likeness (QED) is 0.549. The predicted octanol–water partition coefficient (Wildman–Crippen LogP) is 1.41. The van der Waals surface area contributed by atoms with E-state index in [1.807, 2.05) is 20.8 Å². The molecule has 0 aliphatic heterocycles. The van der Waals surface area contributed by atoms with Gasteiger partial charge in [-0.15, -0.1) is 0 Å². The van der Waals surface area contributed by atoms with Crippen LogP contribution >= 0.6 is 0 Å². The van der Waals surface area contributed by atoms with Crippen LogP contribution in [0, 0.1) is 10.1 Å². The summed E-state index contributed by atoms with van der Waals surface area (Å²) in [4.78, 5) is 20.6. The molecule has 1 rings (SSSR count). The molecule has 0 radical (unpaired) electrons. The van der Waals surface area contributed by atoms with Gasteiger partial charge in [0.25, 0.3) is 0 Å². The zero-order valence-corrected chi connectivity index (χ0v) is 12.0. The second-order valence-electron chi connectivity index (χ2n) is 4.55. The molecule has 0 atom stereocenters. The van der Waals surface area contributed by atoms with Crippen molar-refractivity contribution in [2.75, 3.05) is 29.9 Å². The highest BCUT2D eigenvalue weighted by Crippen LogP contribution is 2.27. The number of hydrogen-bond donors (Lipinski definition) is 2. The first-order chi connectivity index (χ1) is 9.51. The van der Waals surface area contributed by atoms with Crippen molar-refractivity contribution in [3.63, 3.8) is 0 Å². The molecular formula is C12H21N5O3. The van der Waals surface area contributed by atoms with Crippen LogP contribution in [0.5, 0.6) is 0 Å². The Hall–Kier alpha value is -1.96. The SMILES string of the molecule is CCNc1ncc([N+](=O)[O-])c(N(CCCO)C(C)C)n1. The van der Waals surface area contributed by atoms with Gasteiger partial charge in [0.15, 0.2) is 0 Å². The van der Waals surface area contributed by atoms with Crippen LogP contribution in [-0.2, 0) is 0 Å². The van der Waals surface area contributed by atoms with Crippen LogP contribution in [0.4, 0.5) is 17.5 Å². The largest absolute Gasteiger partial charge is 0.396 e. The molecule has 0 unspecified atom stereocenters. The van der Waals surface area contributed by atoms with Crippen LogP contribution in [0.1, 0.15) is 27.2 Å². The molecule has 0 spiro atoms. The van der Waals surface area contributed by atoms with Gasteiger partial charge >= 0.3 is 5.69 Å². The third-order valence-electron chi connectivity index (χ3n) is 2.73. The second-order valence-corrected chi connectivity index (χ2v) is 4.55. The number of hydrogen-bond acceptors (Lipinski definition) is 7. The van der Waals surface area contributed by atoms with Crippen LogP contribution in [0.3, 0.4) is 0 Å². The summed E-state index contributed by atoms with van der Waals surface area (Å²) in [6.45, 7) is 6.91. The van der Waals surface area contributed by atoms with Crippen molar-refractivity contribution in [1.82, 2.24) is 9.97 Å². The number of aliphatic hydroxyl groups is 1. The Morgan fingerprint density at radius 2 is 2.25 bits per heavy atom. The Bertz CT molecular complexity index is 453. The second kappa shape index (κ2) is 7.59. The van der Waals surface area contributed by atoms with Crippen molar-refractivity contribution in [2.24, 2.45) is 0 Å². The topological polar surface area (TPSA) is 104 Å². The van der Waals surface area contributed by atoms with Crippen LogP contribution in [0.25, 0.3) is 0 Å². The highest BCUT2D eigenvalue weighted by atomic mass is 16.6. The summed E-state index contributed by atoms with van der Waals surface area (Å²) in [6, 6.07) is 0.0321. The highest BCUT2D eigenvalue weighted by molar-refractivity contribution is 5.59. The molecule has 1 aromatic heterocycles. The summed E-state index contributed by atoms with van der Waals surface area (Å²) in [5.41, 5.74) is -0.127. The van der Waals surface area contributed by atoms with Gasteiger partial charge in [0, 0.05) is 25.7 Å². The molecule has 0 saturated carbocycles. The lowest BCUT2D eigenvalue weighted by Crippen LogP contribution is -2.33. The van der Waals surface area contributed by atoms with Crippen LogP contribution in [-0.4, -0.2) is 45.7 Å². The number of aromatic nitrogens is 2. The standard InChI is InChI=1S/C12H21N5O3/c1-4-13-12-14-8-10(17(19)20)11(15-12)16(9(2)3)6-5-7-18/h8-9,18H,4-7H2,1-3H3,(H,13,14,15). The van der Waals surface area contributed by atoms with Crippen molar-refractivity contribution < 1.29 is 10.0 Å². The molecule has 0 aliphatic carbocycles. The minimum absolute atomic E-state index is 0.0299. The van der Waals surface area contributed by atoms with Gasteiger partial charge in [0.1, 0.15) is 6.20 Å². The molecule has 0 bridgehead atoms. The van der Waals surface area contributed by atoms with Gasteiger partial charge in [0.2, 0.25) is 11.8 Å². The average Bonchev–Trinajstić information content (AvgIpc) is 2.39. The van der Waals surface area contributed by atoms with E-state index < -0.39 is 4.92 Å². The van der Waals surface area contributed by atoms with E-state index in [4.69, 9.17) is 5.11 Å². The van der Waals surface area contributed by atoms with Crippen LogP contribution in [0.2, 0.25) is 0 Å². The molecule has 0 saturated heterocycles. The number of nitrogens with zero attached hydrogens (tertiary/aromatic N) is 4. The fourth-order valence-corrected chi connectivity index (χ4v) is 1.80. The van der Waals surface area contributed by atoms with Gasteiger partial charge in [-0.3, -0.25) is 10.1 Å². The van der Waals surface area contributed by atoms with E-state index in [0.29, 0.717) is 25.5 Å². The molecule has 0 aromatic carbocycles. The first kappa shape index (κ1) is 16.1. The van der Waals surface area contributed by atoms with Gasteiger partial charge in [-0.1, -0.05) is 0 Å². The van der Waals surface area contributed by atoms with Crippen molar-refractivity contribution in [2.45, 2.75) is 33.2 Å². The summed E-state index contributed by atoms with van der Waals surface area (Å²) in [6.07, 6.45) is 1.74. The molecule has 112 valence electrons. The number of rotatable bonds is 8. The van der Waals surface area contributed by atoms with Crippen molar-refractivity contribution in [1.29, 1.82) is 0 Å². The maximum absolute atomic E-state index is 11.1. The molecule has 8 nitrogen and oxygen atoms in total. The molecule has 0 aliphatic rings. The molecule has 20 heavy (non-hydrogen) atoms. The molecule has 8 heteroatoms. The van der Waals surface area contributed by atoms with E-state index in [1.165, 1.54) is 6.20 Å². The van der Waals surface area contributed by atoms with E-state index in [2.05, 4.69) is 15.3 Å². The smallest absolute Gasteiger partial charge is 0.329 e. The normalized spacial score (nSPS) is 10.7. The first-order valence-corrected chi connectivity index (χ1v) is 6.64. The van der Waals surface area contributed by atoms with Crippen molar-refractivity contribution >= 4 is 17.5 Å². The molecule has 0 fully saturated rings. The fourth-order valence-electron chi connectivity index (χ4n) is 1.80. The zero-order valence-electron chi connectivity index (χ0n) is 12.0.